The van der Waals surface area contributed by atoms with Crippen LogP contribution in [0.3, 0.4) is 0 Å². The van der Waals surface area contributed by atoms with Crippen molar-refractivity contribution in [3.63, 3.8) is 0 Å². The Hall–Kier alpha value is -1.83. The van der Waals surface area contributed by atoms with Gasteiger partial charge in [-0.3, -0.25) is 4.79 Å². The average molecular weight is 445 g/mol. The number of fused-ring (bicyclic) bond motifs is 1. The number of benzene rings is 1. The van der Waals surface area contributed by atoms with E-state index < -0.39 is 0 Å². The number of nitrogens with one attached hydrogen (secondary N) is 1. The molecule has 2 unspecified atom stereocenters. The van der Waals surface area contributed by atoms with E-state index in [9.17, 15) is 4.79 Å². The molecule has 0 saturated heterocycles. The molecule has 0 radical (unpaired) electrons. The van der Waals surface area contributed by atoms with Crippen LogP contribution in [-0.2, 0) is 35.5 Å². The monoisotopic (exact) mass is 444 g/mol. The van der Waals surface area contributed by atoms with Crippen molar-refractivity contribution in [3.8, 4) is 0 Å². The fraction of sp³-hybridized carbons (Fsp3) is 0.583. The second-order valence-corrected chi connectivity index (χ2v) is 9.94. The van der Waals surface area contributed by atoms with E-state index in [4.69, 9.17) is 9.72 Å². The number of carbonyl (C=O) groups excluding carboxylic acids is 1. The normalized spacial score (nSPS) is 17.1. The molecule has 170 valence electrons. The third-order valence-electron chi connectivity index (χ3n) is 5.61. The quantitative estimate of drug-likeness (QED) is 0.445. The molecule has 0 fully saturated rings. The summed E-state index contributed by atoms with van der Waals surface area (Å²) in [6, 6.07) is 8.47. The number of nitrogens with zero attached hydrogens (tertiary/aromatic N) is 3. The first-order valence-electron chi connectivity index (χ1n) is 11.1. The van der Waals surface area contributed by atoms with Gasteiger partial charge >= 0.3 is 5.97 Å². The topological polar surface area (TPSA) is 61.5 Å². The lowest BCUT2D eigenvalue weighted by atomic mass is 9.90. The van der Waals surface area contributed by atoms with Crippen LogP contribution in [0.4, 0.5) is 0 Å². The maximum atomic E-state index is 12.9. The summed E-state index contributed by atoms with van der Waals surface area (Å²) in [4.78, 5) is 25.4. The molecule has 0 amide bonds. The molecule has 2 aromatic rings. The van der Waals surface area contributed by atoms with Gasteiger partial charge in [0.1, 0.15) is 6.10 Å². The van der Waals surface area contributed by atoms with Gasteiger partial charge in [-0.15, -0.1) is 0 Å². The zero-order valence-corrected chi connectivity index (χ0v) is 20.3. The Balaban J connectivity index is 1.57. The van der Waals surface area contributed by atoms with E-state index >= 15 is 0 Å². The number of aromatic nitrogens is 2. The van der Waals surface area contributed by atoms with Crippen LogP contribution >= 0.6 is 11.8 Å². The molecule has 1 aromatic heterocycles. The zero-order valence-electron chi connectivity index (χ0n) is 19.5. The lowest BCUT2D eigenvalue weighted by Gasteiger charge is -2.26. The van der Waals surface area contributed by atoms with Crippen LogP contribution in [0, 0.1) is 5.92 Å². The van der Waals surface area contributed by atoms with E-state index in [1.54, 1.807) is 11.8 Å². The molecule has 3 rings (SSSR count). The van der Waals surface area contributed by atoms with Gasteiger partial charge in [-0.1, -0.05) is 43.0 Å². The number of aromatic amines is 1. The van der Waals surface area contributed by atoms with Gasteiger partial charge in [-0.2, -0.15) is 0 Å². The molecule has 1 aliphatic rings. The molecule has 0 aliphatic heterocycles. The highest BCUT2D eigenvalue weighted by atomic mass is 32.2. The van der Waals surface area contributed by atoms with Crippen LogP contribution in [0.15, 0.2) is 29.4 Å². The lowest BCUT2D eigenvalue weighted by Crippen LogP contribution is -2.29. The van der Waals surface area contributed by atoms with Gasteiger partial charge in [0.2, 0.25) is 0 Å². The molecule has 6 nitrogen and oxygen atoms in total. The van der Waals surface area contributed by atoms with E-state index in [0.29, 0.717) is 5.75 Å². The number of imidazole rings is 1. The van der Waals surface area contributed by atoms with Crippen molar-refractivity contribution in [2.24, 2.45) is 5.92 Å². The minimum absolute atomic E-state index is 0.0107. The van der Waals surface area contributed by atoms with Gasteiger partial charge in [0.15, 0.2) is 5.16 Å². The van der Waals surface area contributed by atoms with Crippen LogP contribution in [0.5, 0.6) is 0 Å². The number of thioether (sulfide) groups is 1. The second kappa shape index (κ2) is 11.2. The first kappa shape index (κ1) is 23.8. The Morgan fingerprint density at radius 1 is 1.19 bits per heavy atom. The van der Waals surface area contributed by atoms with Crippen LogP contribution in [0.2, 0.25) is 0 Å². The van der Waals surface area contributed by atoms with E-state index in [2.05, 4.69) is 60.1 Å². The molecule has 7 heteroatoms. The predicted octanol–water partition coefficient (Wildman–Crippen LogP) is 3.75. The van der Waals surface area contributed by atoms with Crippen molar-refractivity contribution >= 4 is 17.7 Å². The van der Waals surface area contributed by atoms with Crippen LogP contribution in [0.1, 0.15) is 42.3 Å². The summed E-state index contributed by atoms with van der Waals surface area (Å²) in [6.07, 6.45) is 3.47. The molecule has 2 atom stereocenters. The first-order chi connectivity index (χ1) is 14.9. The van der Waals surface area contributed by atoms with Gasteiger partial charge in [0.05, 0.1) is 17.3 Å². The van der Waals surface area contributed by atoms with E-state index in [1.165, 1.54) is 11.1 Å². The Morgan fingerprint density at radius 2 is 1.90 bits per heavy atom. The van der Waals surface area contributed by atoms with Crippen molar-refractivity contribution in [2.75, 3.05) is 33.9 Å². The second-order valence-electron chi connectivity index (χ2n) is 8.93. The van der Waals surface area contributed by atoms with Crippen molar-refractivity contribution in [1.29, 1.82) is 0 Å². The number of esters is 1. The largest absolute Gasteiger partial charge is 0.462 e. The molecule has 0 spiro atoms. The first-order valence-corrected chi connectivity index (χ1v) is 12.1. The number of carbonyl (C=O) groups is 1. The van der Waals surface area contributed by atoms with Gasteiger partial charge < -0.3 is 19.5 Å². The third kappa shape index (κ3) is 6.82. The van der Waals surface area contributed by atoms with Crippen LogP contribution in [-0.4, -0.2) is 65.8 Å². The molecular formula is C24H36N4O2S. The number of H-pyrrole nitrogens is 1. The number of hydrogen-bond donors (Lipinski definition) is 1. The lowest BCUT2D eigenvalue weighted by molar-refractivity contribution is -0.153. The Kier molecular flexibility index (Phi) is 8.58. The highest BCUT2D eigenvalue weighted by Crippen LogP contribution is 2.26. The van der Waals surface area contributed by atoms with E-state index in [1.807, 2.05) is 14.1 Å². The van der Waals surface area contributed by atoms with Gasteiger partial charge in [0, 0.05) is 25.3 Å². The molecule has 1 aromatic carbocycles. The highest BCUT2D eigenvalue weighted by molar-refractivity contribution is 7.99. The molecule has 1 aliphatic carbocycles. The summed E-state index contributed by atoms with van der Waals surface area (Å²) >= 11 is 1.62. The average Bonchev–Trinajstić information content (AvgIpc) is 3.08. The number of ether oxygens (including phenoxy) is 1. The predicted molar refractivity (Wildman–Crippen MR) is 126 cm³/mol. The van der Waals surface area contributed by atoms with E-state index in [0.717, 1.165) is 55.3 Å². The van der Waals surface area contributed by atoms with Crippen molar-refractivity contribution in [1.82, 2.24) is 19.8 Å². The summed E-state index contributed by atoms with van der Waals surface area (Å²) in [7, 11) is 8.21. The van der Waals surface area contributed by atoms with E-state index in [-0.39, 0.29) is 18.0 Å². The minimum Gasteiger partial charge on any atom is -0.462 e. The molecule has 1 heterocycles. The van der Waals surface area contributed by atoms with Gasteiger partial charge in [-0.25, -0.2) is 4.98 Å². The SMILES string of the molecule is CCC(CSc1nc(CN(C)C)c(CN(C)C)[nH]1)C(=O)OC1CCc2ccccc2C1. The molecule has 1 N–H and O–H groups in total. The Labute approximate surface area is 190 Å². The minimum atomic E-state index is -0.123. The summed E-state index contributed by atoms with van der Waals surface area (Å²) < 4.78 is 5.93. The third-order valence-corrected chi connectivity index (χ3v) is 6.65. The van der Waals surface area contributed by atoms with Crippen molar-refractivity contribution in [2.45, 2.75) is 57.0 Å². The number of aryl methyl sites for hydroxylation is 1. The van der Waals surface area contributed by atoms with Gasteiger partial charge in [-0.05, 0) is 58.6 Å². The standard InChI is InChI=1S/C24H36N4O2S/c1-6-17(23(29)30-20-12-11-18-9-7-8-10-19(18)13-20)16-31-24-25-21(14-27(2)3)22(26-24)15-28(4)5/h7-10,17,20H,6,11-16H2,1-5H3,(H,25,26). The van der Waals surface area contributed by atoms with Crippen LogP contribution < -0.4 is 0 Å². The Morgan fingerprint density at radius 3 is 2.58 bits per heavy atom. The summed E-state index contributed by atoms with van der Waals surface area (Å²) in [5.74, 6) is 0.476. The van der Waals surface area contributed by atoms with Gasteiger partial charge in [0.25, 0.3) is 0 Å². The highest BCUT2D eigenvalue weighted by Gasteiger charge is 2.26. The summed E-state index contributed by atoms with van der Waals surface area (Å²) in [5, 5.41) is 0.881. The summed E-state index contributed by atoms with van der Waals surface area (Å²) in [6.45, 7) is 3.67. The zero-order chi connectivity index (χ0) is 22.4. The smallest absolute Gasteiger partial charge is 0.310 e. The van der Waals surface area contributed by atoms with Crippen LogP contribution in [0.25, 0.3) is 0 Å². The van der Waals surface area contributed by atoms with Crippen molar-refractivity contribution < 1.29 is 9.53 Å². The maximum absolute atomic E-state index is 12.9. The molecule has 31 heavy (non-hydrogen) atoms. The number of rotatable bonds is 10. The fourth-order valence-electron chi connectivity index (χ4n) is 3.92. The molecule has 0 bridgehead atoms. The fourth-order valence-corrected chi connectivity index (χ4v) is 5.02. The maximum Gasteiger partial charge on any atom is 0.310 e. The Bertz CT molecular complexity index is 838. The summed E-state index contributed by atoms with van der Waals surface area (Å²) in [5.41, 5.74) is 4.90. The van der Waals surface area contributed by atoms with Crippen molar-refractivity contribution in [3.05, 3.63) is 46.8 Å². The number of hydrogen-bond acceptors (Lipinski definition) is 6. The molecular weight excluding hydrogens is 408 g/mol. The molecule has 0 saturated carbocycles.